The number of hydrogen-bond donors (Lipinski definition) is 2. The highest BCUT2D eigenvalue weighted by Gasteiger charge is 2.19. The molecule has 1 aliphatic heterocycles. The van der Waals surface area contributed by atoms with Crippen molar-refractivity contribution >= 4 is 40.5 Å². The Morgan fingerprint density at radius 1 is 1.00 bits per heavy atom. The van der Waals surface area contributed by atoms with E-state index in [0.29, 0.717) is 16.9 Å². The van der Waals surface area contributed by atoms with E-state index in [1.165, 1.54) is 0 Å². The van der Waals surface area contributed by atoms with Gasteiger partial charge in [-0.1, -0.05) is 12.1 Å². The van der Waals surface area contributed by atoms with E-state index in [0.717, 1.165) is 42.4 Å². The van der Waals surface area contributed by atoms with Gasteiger partial charge >= 0.3 is 6.09 Å². The number of amides is 2. The van der Waals surface area contributed by atoms with Crippen molar-refractivity contribution in [2.75, 3.05) is 48.8 Å². The summed E-state index contributed by atoms with van der Waals surface area (Å²) in [5.41, 5.74) is 1.67. The van der Waals surface area contributed by atoms with E-state index in [4.69, 9.17) is 4.74 Å². The van der Waals surface area contributed by atoms with Crippen LogP contribution in [0, 0.1) is 0 Å². The maximum absolute atomic E-state index is 13.1. The minimum atomic E-state index is -0.637. The third-order valence-corrected chi connectivity index (χ3v) is 6.47. The standard InChI is InChI=1S/C26H31N5O3S/c1-26(2,3)34-25(33)29-20-9-7-18(22-6-5-15-35-22)16-21(20)28-24(32)19-8-10-23(27-17-19)31-13-11-30(4)12-14-31/h5-10,15-17H,11-14H2,1-4H3,(H,28,32)(H,29,33). The van der Waals surface area contributed by atoms with Gasteiger partial charge in [-0.05, 0) is 69.1 Å². The molecule has 4 rings (SSSR count). The van der Waals surface area contributed by atoms with Gasteiger partial charge in [0, 0.05) is 37.3 Å². The number of benzene rings is 1. The van der Waals surface area contributed by atoms with Gasteiger partial charge in [-0.15, -0.1) is 11.3 Å². The number of rotatable bonds is 5. The molecule has 0 aliphatic carbocycles. The molecule has 0 bridgehead atoms. The Kier molecular flexibility index (Phi) is 7.37. The highest BCUT2D eigenvalue weighted by atomic mass is 32.1. The molecule has 9 heteroatoms. The summed E-state index contributed by atoms with van der Waals surface area (Å²) in [6.07, 6.45) is 1.00. The second kappa shape index (κ2) is 10.5. The SMILES string of the molecule is CN1CCN(c2ccc(C(=O)Nc3cc(-c4cccs4)ccc3NC(=O)OC(C)(C)C)cn2)CC1. The van der Waals surface area contributed by atoms with Crippen molar-refractivity contribution in [1.82, 2.24) is 9.88 Å². The number of aromatic nitrogens is 1. The number of nitrogens with zero attached hydrogens (tertiary/aromatic N) is 3. The molecule has 2 N–H and O–H groups in total. The molecule has 0 atom stereocenters. The van der Waals surface area contributed by atoms with Crippen LogP contribution in [0.15, 0.2) is 54.0 Å². The Balaban J connectivity index is 1.53. The number of hydrogen-bond acceptors (Lipinski definition) is 7. The van der Waals surface area contributed by atoms with Crippen LogP contribution in [-0.2, 0) is 4.74 Å². The number of ether oxygens (including phenoxy) is 1. The second-order valence-corrected chi connectivity index (χ2v) is 10.5. The number of carbonyl (C=O) groups is 2. The molecule has 1 aromatic carbocycles. The summed E-state index contributed by atoms with van der Waals surface area (Å²) in [6.45, 7) is 9.18. The van der Waals surface area contributed by atoms with Crippen LogP contribution in [0.4, 0.5) is 22.0 Å². The first-order valence-electron chi connectivity index (χ1n) is 11.6. The van der Waals surface area contributed by atoms with Crippen molar-refractivity contribution in [3.8, 4) is 10.4 Å². The number of anilines is 3. The summed E-state index contributed by atoms with van der Waals surface area (Å²) in [5, 5.41) is 7.68. The van der Waals surface area contributed by atoms with Crippen LogP contribution in [0.25, 0.3) is 10.4 Å². The fraction of sp³-hybridized carbons (Fsp3) is 0.346. The molecule has 1 fully saturated rings. The molecule has 1 saturated heterocycles. The summed E-state index contributed by atoms with van der Waals surface area (Å²) < 4.78 is 5.39. The first-order chi connectivity index (χ1) is 16.7. The first kappa shape index (κ1) is 24.7. The number of piperazine rings is 1. The largest absolute Gasteiger partial charge is 0.444 e. The Bertz CT molecular complexity index is 1160. The Hall–Kier alpha value is -3.43. The minimum absolute atomic E-state index is 0.307. The zero-order valence-electron chi connectivity index (χ0n) is 20.5. The van der Waals surface area contributed by atoms with Gasteiger partial charge in [-0.2, -0.15) is 0 Å². The van der Waals surface area contributed by atoms with Crippen molar-refractivity contribution < 1.29 is 14.3 Å². The smallest absolute Gasteiger partial charge is 0.412 e. The van der Waals surface area contributed by atoms with Crippen LogP contribution in [0.5, 0.6) is 0 Å². The number of carbonyl (C=O) groups excluding carboxylic acids is 2. The van der Waals surface area contributed by atoms with Crippen molar-refractivity contribution in [3.05, 3.63) is 59.6 Å². The van der Waals surface area contributed by atoms with Gasteiger partial charge in [0.05, 0.1) is 16.9 Å². The van der Waals surface area contributed by atoms with Crippen molar-refractivity contribution in [2.45, 2.75) is 26.4 Å². The van der Waals surface area contributed by atoms with Crippen LogP contribution in [0.1, 0.15) is 31.1 Å². The summed E-state index contributed by atoms with van der Waals surface area (Å²) in [4.78, 5) is 35.6. The molecule has 1 aliphatic rings. The van der Waals surface area contributed by atoms with Gasteiger partial charge in [-0.3, -0.25) is 10.1 Å². The van der Waals surface area contributed by atoms with Gasteiger partial charge in [0.25, 0.3) is 5.91 Å². The fourth-order valence-corrected chi connectivity index (χ4v) is 4.43. The van der Waals surface area contributed by atoms with Gasteiger partial charge in [-0.25, -0.2) is 9.78 Å². The lowest BCUT2D eigenvalue weighted by molar-refractivity contribution is 0.0635. The van der Waals surface area contributed by atoms with E-state index >= 15 is 0 Å². The summed E-state index contributed by atoms with van der Waals surface area (Å²) in [7, 11) is 2.11. The molecule has 3 heterocycles. The predicted octanol–water partition coefficient (Wildman–Crippen LogP) is 5.16. The van der Waals surface area contributed by atoms with Crippen molar-refractivity contribution in [3.63, 3.8) is 0 Å². The first-order valence-corrected chi connectivity index (χ1v) is 12.4. The predicted molar refractivity (Wildman–Crippen MR) is 142 cm³/mol. The normalized spacial score (nSPS) is 14.5. The summed E-state index contributed by atoms with van der Waals surface area (Å²) in [6, 6.07) is 13.2. The highest BCUT2D eigenvalue weighted by Crippen LogP contribution is 2.32. The number of nitrogens with one attached hydrogen (secondary N) is 2. The Morgan fingerprint density at radius 2 is 1.77 bits per heavy atom. The van der Waals surface area contributed by atoms with E-state index in [9.17, 15) is 9.59 Å². The van der Waals surface area contributed by atoms with E-state index in [1.807, 2.05) is 35.7 Å². The van der Waals surface area contributed by atoms with Crippen molar-refractivity contribution in [1.29, 1.82) is 0 Å². The van der Waals surface area contributed by atoms with Crippen molar-refractivity contribution in [2.24, 2.45) is 0 Å². The average Bonchev–Trinajstić information content (AvgIpc) is 3.35. The van der Waals surface area contributed by atoms with E-state index in [-0.39, 0.29) is 5.91 Å². The number of likely N-dealkylation sites (N-methyl/N-ethyl adjacent to an activating group) is 1. The summed E-state index contributed by atoms with van der Waals surface area (Å²) >= 11 is 1.60. The lowest BCUT2D eigenvalue weighted by Gasteiger charge is -2.33. The molecule has 35 heavy (non-hydrogen) atoms. The maximum atomic E-state index is 13.1. The second-order valence-electron chi connectivity index (χ2n) is 9.51. The van der Waals surface area contributed by atoms with E-state index in [2.05, 4.69) is 32.5 Å². The van der Waals surface area contributed by atoms with Crippen LogP contribution >= 0.6 is 11.3 Å². The molecule has 0 spiro atoms. The molecule has 0 saturated carbocycles. The Morgan fingerprint density at radius 3 is 2.40 bits per heavy atom. The number of thiophene rings is 1. The third kappa shape index (κ3) is 6.58. The fourth-order valence-electron chi connectivity index (χ4n) is 3.70. The van der Waals surface area contributed by atoms with Gasteiger partial charge < -0.3 is 19.9 Å². The van der Waals surface area contributed by atoms with E-state index in [1.54, 1.807) is 50.4 Å². The van der Waals surface area contributed by atoms with E-state index < -0.39 is 11.7 Å². The monoisotopic (exact) mass is 493 g/mol. The molecule has 0 unspecified atom stereocenters. The molecule has 8 nitrogen and oxygen atoms in total. The quantitative estimate of drug-likeness (QED) is 0.511. The lowest BCUT2D eigenvalue weighted by Crippen LogP contribution is -2.44. The topological polar surface area (TPSA) is 86.8 Å². The van der Waals surface area contributed by atoms with Crippen LogP contribution < -0.4 is 15.5 Å². The zero-order chi connectivity index (χ0) is 25.0. The molecular weight excluding hydrogens is 462 g/mol. The molecule has 2 aromatic heterocycles. The minimum Gasteiger partial charge on any atom is -0.444 e. The molecule has 184 valence electrons. The molecule has 0 radical (unpaired) electrons. The van der Waals surface area contributed by atoms with Crippen LogP contribution in [0.2, 0.25) is 0 Å². The summed E-state index contributed by atoms with van der Waals surface area (Å²) in [5.74, 6) is 0.555. The zero-order valence-corrected chi connectivity index (χ0v) is 21.3. The molecule has 2 amide bonds. The van der Waals surface area contributed by atoms with Gasteiger partial charge in [0.1, 0.15) is 11.4 Å². The highest BCUT2D eigenvalue weighted by molar-refractivity contribution is 7.13. The number of pyridine rings is 1. The van der Waals surface area contributed by atoms with Gasteiger partial charge in [0.2, 0.25) is 0 Å². The molecular formula is C26H31N5O3S. The van der Waals surface area contributed by atoms with Crippen LogP contribution in [-0.4, -0.2) is 60.7 Å². The van der Waals surface area contributed by atoms with Gasteiger partial charge in [0.15, 0.2) is 0 Å². The molecule has 3 aromatic rings. The third-order valence-electron chi connectivity index (χ3n) is 5.55. The maximum Gasteiger partial charge on any atom is 0.412 e. The average molecular weight is 494 g/mol. The Labute approximate surface area is 209 Å². The lowest BCUT2D eigenvalue weighted by atomic mass is 10.1. The van der Waals surface area contributed by atoms with Crippen LogP contribution in [0.3, 0.4) is 0 Å².